The van der Waals surface area contributed by atoms with Gasteiger partial charge in [0.2, 0.25) is 17.7 Å². The van der Waals surface area contributed by atoms with Crippen molar-refractivity contribution in [1.29, 1.82) is 0 Å². The molecule has 0 aliphatic carbocycles. The number of nitrogens with zero attached hydrogens (tertiary/aromatic N) is 5. The van der Waals surface area contributed by atoms with Gasteiger partial charge in [-0.15, -0.1) is 0 Å². The van der Waals surface area contributed by atoms with Crippen LogP contribution in [0.2, 0.25) is 0 Å². The van der Waals surface area contributed by atoms with Crippen LogP contribution in [-0.2, 0) is 17.5 Å². The van der Waals surface area contributed by atoms with Crippen LogP contribution < -0.4 is 10.2 Å². The molecule has 1 aromatic carbocycles. The highest BCUT2D eigenvalue weighted by Gasteiger charge is 2.37. The molecule has 1 aliphatic heterocycles. The van der Waals surface area contributed by atoms with E-state index in [2.05, 4.69) is 20.3 Å². The van der Waals surface area contributed by atoms with Gasteiger partial charge in [-0.3, -0.25) is 4.79 Å². The second-order valence-electron chi connectivity index (χ2n) is 7.20. The van der Waals surface area contributed by atoms with E-state index in [0.29, 0.717) is 18.0 Å². The highest BCUT2D eigenvalue weighted by molar-refractivity contribution is 5.79. The maximum absolute atomic E-state index is 13.4. The van der Waals surface area contributed by atoms with E-state index in [1.165, 1.54) is 0 Å². The van der Waals surface area contributed by atoms with E-state index in [4.69, 9.17) is 0 Å². The normalized spacial score (nSPS) is 17.3. The number of hydrogen-bond donors (Lipinski definition) is 1. The first-order chi connectivity index (χ1) is 14.4. The number of rotatable bonds is 5. The molecule has 1 amide bonds. The Bertz CT molecular complexity index is 1020. The van der Waals surface area contributed by atoms with E-state index in [9.17, 15) is 18.0 Å². The summed E-state index contributed by atoms with van der Waals surface area (Å²) < 4.78 is 41.3. The second-order valence-corrected chi connectivity index (χ2v) is 7.20. The van der Waals surface area contributed by atoms with Crippen LogP contribution >= 0.6 is 0 Å². The van der Waals surface area contributed by atoms with E-state index in [1.807, 2.05) is 4.90 Å². The van der Waals surface area contributed by atoms with Crippen molar-refractivity contribution in [2.45, 2.75) is 25.6 Å². The molecule has 1 saturated heterocycles. The van der Waals surface area contributed by atoms with Gasteiger partial charge in [-0.05, 0) is 31.0 Å². The van der Waals surface area contributed by atoms with Crippen LogP contribution in [0.25, 0.3) is 11.0 Å². The summed E-state index contributed by atoms with van der Waals surface area (Å²) in [6, 6.07) is 8.18. The molecule has 0 bridgehead atoms. The number of halogens is 3. The summed E-state index contributed by atoms with van der Waals surface area (Å²) in [7, 11) is 0. The Labute approximate surface area is 170 Å². The molecule has 1 aliphatic rings. The Hall–Kier alpha value is -3.17. The number of aromatic nitrogens is 4. The molecule has 10 heteroatoms. The minimum absolute atomic E-state index is 0.0146. The molecule has 4 rings (SSSR count). The molecule has 158 valence electrons. The number of anilines is 1. The van der Waals surface area contributed by atoms with Gasteiger partial charge in [0.15, 0.2) is 0 Å². The number of fused-ring (bicyclic) bond motifs is 1. The van der Waals surface area contributed by atoms with Crippen molar-refractivity contribution in [3.8, 4) is 0 Å². The molecular weight excluding hydrogens is 397 g/mol. The standard InChI is InChI=1S/C20H21F3N6O/c21-20(22,23)18-27-15-6-1-2-7-16(15)29(18)12-10-24-17(30)14-5-3-11-28(13-14)19-25-8-4-9-26-19/h1-2,4,6-9,14H,3,5,10-13H2,(H,24,30). The van der Waals surface area contributed by atoms with Gasteiger partial charge in [-0.25, -0.2) is 15.0 Å². The average Bonchev–Trinajstić information content (AvgIpc) is 3.14. The minimum Gasteiger partial charge on any atom is -0.354 e. The lowest BCUT2D eigenvalue weighted by molar-refractivity contribution is -0.146. The van der Waals surface area contributed by atoms with E-state index in [-0.39, 0.29) is 30.4 Å². The van der Waals surface area contributed by atoms with Crippen LogP contribution in [0.3, 0.4) is 0 Å². The number of alkyl halides is 3. The number of carbonyl (C=O) groups is 1. The summed E-state index contributed by atoms with van der Waals surface area (Å²) >= 11 is 0. The van der Waals surface area contributed by atoms with Crippen molar-refractivity contribution in [2.75, 3.05) is 24.5 Å². The highest BCUT2D eigenvalue weighted by atomic mass is 19.4. The van der Waals surface area contributed by atoms with E-state index < -0.39 is 12.0 Å². The predicted octanol–water partition coefficient (Wildman–Crippen LogP) is 2.88. The van der Waals surface area contributed by atoms with Crippen LogP contribution in [0.5, 0.6) is 0 Å². The first-order valence-corrected chi connectivity index (χ1v) is 9.75. The van der Waals surface area contributed by atoms with Gasteiger partial charge in [0.1, 0.15) is 0 Å². The fourth-order valence-electron chi connectivity index (χ4n) is 3.78. The zero-order chi connectivity index (χ0) is 21.1. The minimum atomic E-state index is -4.57. The van der Waals surface area contributed by atoms with E-state index >= 15 is 0 Å². The number of amides is 1. The molecule has 0 radical (unpaired) electrons. The predicted molar refractivity (Wildman–Crippen MR) is 105 cm³/mol. The lowest BCUT2D eigenvalue weighted by atomic mass is 9.97. The van der Waals surface area contributed by atoms with Crippen LogP contribution in [0.15, 0.2) is 42.7 Å². The lowest BCUT2D eigenvalue weighted by Crippen LogP contribution is -2.44. The first-order valence-electron chi connectivity index (χ1n) is 9.75. The van der Waals surface area contributed by atoms with Crippen molar-refractivity contribution >= 4 is 22.9 Å². The third-order valence-corrected chi connectivity index (χ3v) is 5.17. The van der Waals surface area contributed by atoms with Crippen molar-refractivity contribution < 1.29 is 18.0 Å². The monoisotopic (exact) mass is 418 g/mol. The maximum atomic E-state index is 13.4. The molecule has 1 atom stereocenters. The van der Waals surface area contributed by atoms with Crippen molar-refractivity contribution in [1.82, 2.24) is 24.8 Å². The quantitative estimate of drug-likeness (QED) is 0.690. The number of nitrogens with one attached hydrogen (secondary N) is 1. The summed E-state index contributed by atoms with van der Waals surface area (Å²) in [5.41, 5.74) is 0.672. The van der Waals surface area contributed by atoms with Gasteiger partial charge in [-0.1, -0.05) is 12.1 Å². The molecule has 1 N–H and O–H groups in total. The SMILES string of the molecule is O=C(NCCn1c(C(F)(F)F)nc2ccccc21)C1CCCN(c2ncccn2)C1. The van der Waals surface area contributed by atoms with Crippen LogP contribution in [0, 0.1) is 5.92 Å². The Morgan fingerprint density at radius 3 is 2.70 bits per heavy atom. The Balaban J connectivity index is 1.40. The highest BCUT2D eigenvalue weighted by Crippen LogP contribution is 2.31. The first kappa shape index (κ1) is 20.1. The van der Waals surface area contributed by atoms with Crippen molar-refractivity contribution in [3.63, 3.8) is 0 Å². The molecule has 1 fully saturated rings. The summed E-state index contributed by atoms with van der Waals surface area (Å²) in [4.78, 5) is 26.7. The number of benzene rings is 1. The Kier molecular flexibility index (Phi) is 5.56. The van der Waals surface area contributed by atoms with Gasteiger partial charge in [0.05, 0.1) is 17.0 Å². The fraction of sp³-hybridized carbons (Fsp3) is 0.400. The van der Waals surface area contributed by atoms with Gasteiger partial charge >= 0.3 is 6.18 Å². The fourth-order valence-corrected chi connectivity index (χ4v) is 3.78. The van der Waals surface area contributed by atoms with Crippen molar-refractivity contribution in [3.05, 3.63) is 48.5 Å². The van der Waals surface area contributed by atoms with Crippen LogP contribution in [0.4, 0.5) is 19.1 Å². The molecule has 0 saturated carbocycles. The lowest BCUT2D eigenvalue weighted by Gasteiger charge is -2.31. The summed E-state index contributed by atoms with van der Waals surface area (Å²) in [5, 5.41) is 2.78. The number of imidazole rings is 1. The molecular formula is C20H21F3N6O. The van der Waals surface area contributed by atoms with Gasteiger partial charge in [0, 0.05) is 38.6 Å². The maximum Gasteiger partial charge on any atom is 0.449 e. The third-order valence-electron chi connectivity index (χ3n) is 5.17. The number of piperidine rings is 1. The average molecular weight is 418 g/mol. The molecule has 3 aromatic rings. The number of hydrogen-bond acceptors (Lipinski definition) is 5. The van der Waals surface area contributed by atoms with Gasteiger partial charge < -0.3 is 14.8 Å². The number of carbonyl (C=O) groups excluding carboxylic acids is 1. The molecule has 1 unspecified atom stereocenters. The zero-order valence-corrected chi connectivity index (χ0v) is 16.1. The molecule has 7 nitrogen and oxygen atoms in total. The van der Waals surface area contributed by atoms with Gasteiger partial charge in [0.25, 0.3) is 0 Å². The largest absolute Gasteiger partial charge is 0.449 e. The molecule has 3 heterocycles. The second kappa shape index (κ2) is 8.29. The summed E-state index contributed by atoms with van der Waals surface area (Å²) in [6.07, 6.45) is 0.277. The van der Waals surface area contributed by atoms with Crippen molar-refractivity contribution in [2.24, 2.45) is 5.92 Å². The van der Waals surface area contributed by atoms with E-state index in [0.717, 1.165) is 24.0 Å². The van der Waals surface area contributed by atoms with Gasteiger partial charge in [-0.2, -0.15) is 13.2 Å². The van der Waals surface area contributed by atoms with E-state index in [1.54, 1.807) is 42.7 Å². The molecule has 30 heavy (non-hydrogen) atoms. The smallest absolute Gasteiger partial charge is 0.354 e. The Morgan fingerprint density at radius 2 is 1.93 bits per heavy atom. The topological polar surface area (TPSA) is 75.9 Å². The van der Waals surface area contributed by atoms with Crippen LogP contribution in [0.1, 0.15) is 18.7 Å². The summed E-state index contributed by atoms with van der Waals surface area (Å²) in [5.74, 6) is -0.810. The summed E-state index contributed by atoms with van der Waals surface area (Å²) in [6.45, 7) is 1.32. The third kappa shape index (κ3) is 4.22. The molecule has 2 aromatic heterocycles. The number of para-hydroxylation sites is 2. The Morgan fingerprint density at radius 1 is 1.17 bits per heavy atom. The van der Waals surface area contributed by atoms with Crippen LogP contribution in [-0.4, -0.2) is 45.1 Å². The zero-order valence-electron chi connectivity index (χ0n) is 16.1. The molecule has 0 spiro atoms.